The third kappa shape index (κ3) is 6.48. The Hall–Kier alpha value is -0.590. The summed E-state index contributed by atoms with van der Waals surface area (Å²) < 4.78 is 0. The smallest absolute Gasteiger partial charge is 0.0965 e. The van der Waals surface area contributed by atoms with Crippen LogP contribution >= 0.6 is 0 Å². The van der Waals surface area contributed by atoms with Crippen LogP contribution in [0.3, 0.4) is 0 Å². The van der Waals surface area contributed by atoms with E-state index < -0.39 is 0 Å². The van der Waals surface area contributed by atoms with Crippen molar-refractivity contribution in [2.45, 2.75) is 52.6 Å². The van der Waals surface area contributed by atoms with Gasteiger partial charge in [-0.2, -0.15) is 5.26 Å². The fraction of sp³-hybridized carbons (Fsp3) is 0.917. The Morgan fingerprint density at radius 2 is 1.93 bits per heavy atom. The van der Waals surface area contributed by atoms with Crippen LogP contribution in [-0.4, -0.2) is 36.6 Å². The van der Waals surface area contributed by atoms with Gasteiger partial charge in [0.1, 0.15) is 0 Å². The first-order valence-corrected chi connectivity index (χ1v) is 6.02. The average molecular weight is 211 g/mol. The summed E-state index contributed by atoms with van der Waals surface area (Å²) in [4.78, 5) is 2.43. The molecule has 0 aromatic carbocycles. The van der Waals surface area contributed by atoms with Gasteiger partial charge in [-0.15, -0.1) is 0 Å². The number of rotatable bonds is 8. The zero-order chi connectivity index (χ0) is 11.7. The molecule has 1 unspecified atom stereocenters. The topological polar surface area (TPSA) is 39.1 Å². The average Bonchev–Trinajstić information content (AvgIpc) is 2.21. The standard InChI is InChI=1S/C12H25N3/c1-5-8-15(11(3)4)9-7-12(10-13)14-6-2/h11-12,14H,5-9H2,1-4H3. The summed E-state index contributed by atoms with van der Waals surface area (Å²) >= 11 is 0. The molecule has 0 radical (unpaired) electrons. The molecule has 0 aromatic rings. The lowest BCUT2D eigenvalue weighted by Gasteiger charge is -2.26. The van der Waals surface area contributed by atoms with E-state index in [2.05, 4.69) is 37.1 Å². The molecule has 0 heterocycles. The molecule has 0 bridgehead atoms. The SMILES string of the molecule is CCCN(CCC(C#N)NCC)C(C)C. The number of nitrogens with one attached hydrogen (secondary N) is 1. The quantitative estimate of drug-likeness (QED) is 0.667. The van der Waals surface area contributed by atoms with Gasteiger partial charge in [-0.1, -0.05) is 13.8 Å². The van der Waals surface area contributed by atoms with Crippen LogP contribution in [0.1, 0.15) is 40.5 Å². The Morgan fingerprint density at radius 1 is 1.27 bits per heavy atom. The molecule has 0 aliphatic carbocycles. The zero-order valence-electron chi connectivity index (χ0n) is 10.6. The van der Waals surface area contributed by atoms with Gasteiger partial charge in [0.15, 0.2) is 0 Å². The van der Waals surface area contributed by atoms with E-state index in [1.54, 1.807) is 0 Å². The van der Waals surface area contributed by atoms with Crippen LogP contribution in [0.25, 0.3) is 0 Å². The molecule has 15 heavy (non-hydrogen) atoms. The first-order chi connectivity index (χ1) is 7.15. The number of hydrogen-bond acceptors (Lipinski definition) is 3. The van der Waals surface area contributed by atoms with E-state index >= 15 is 0 Å². The van der Waals surface area contributed by atoms with Gasteiger partial charge in [-0.25, -0.2) is 0 Å². The summed E-state index contributed by atoms with van der Waals surface area (Å²) in [6.07, 6.45) is 2.10. The largest absolute Gasteiger partial charge is 0.302 e. The van der Waals surface area contributed by atoms with Gasteiger partial charge in [-0.05, 0) is 39.8 Å². The second-order valence-electron chi connectivity index (χ2n) is 4.16. The highest BCUT2D eigenvalue weighted by Crippen LogP contribution is 2.03. The molecular weight excluding hydrogens is 186 g/mol. The maximum atomic E-state index is 8.91. The van der Waals surface area contributed by atoms with Gasteiger partial charge in [0.05, 0.1) is 12.1 Å². The highest BCUT2D eigenvalue weighted by Gasteiger charge is 2.11. The Kier molecular flexibility index (Phi) is 8.35. The van der Waals surface area contributed by atoms with E-state index in [1.807, 2.05) is 6.92 Å². The Bertz CT molecular complexity index is 184. The molecule has 0 spiro atoms. The van der Waals surface area contributed by atoms with Crippen molar-refractivity contribution in [2.24, 2.45) is 0 Å². The van der Waals surface area contributed by atoms with Gasteiger partial charge in [0.2, 0.25) is 0 Å². The van der Waals surface area contributed by atoms with E-state index in [-0.39, 0.29) is 6.04 Å². The van der Waals surface area contributed by atoms with Crippen molar-refractivity contribution in [3.63, 3.8) is 0 Å². The molecule has 1 N–H and O–H groups in total. The second-order valence-corrected chi connectivity index (χ2v) is 4.16. The maximum Gasteiger partial charge on any atom is 0.0965 e. The lowest BCUT2D eigenvalue weighted by atomic mass is 10.2. The molecule has 0 aliphatic rings. The van der Waals surface area contributed by atoms with Crippen molar-refractivity contribution in [1.82, 2.24) is 10.2 Å². The molecule has 0 aromatic heterocycles. The van der Waals surface area contributed by atoms with Crippen LogP contribution in [0, 0.1) is 11.3 Å². The minimum absolute atomic E-state index is 0.00751. The molecule has 0 aliphatic heterocycles. The van der Waals surface area contributed by atoms with Crippen LogP contribution in [0.2, 0.25) is 0 Å². The van der Waals surface area contributed by atoms with Crippen LogP contribution in [0.5, 0.6) is 0 Å². The van der Waals surface area contributed by atoms with E-state index in [4.69, 9.17) is 5.26 Å². The van der Waals surface area contributed by atoms with Crippen molar-refractivity contribution in [1.29, 1.82) is 5.26 Å². The molecule has 0 rings (SSSR count). The first kappa shape index (κ1) is 14.4. The van der Waals surface area contributed by atoms with E-state index in [0.717, 1.165) is 26.1 Å². The highest BCUT2D eigenvalue weighted by molar-refractivity contribution is 4.89. The van der Waals surface area contributed by atoms with Crippen LogP contribution in [0.15, 0.2) is 0 Å². The monoisotopic (exact) mass is 211 g/mol. The van der Waals surface area contributed by atoms with E-state index in [0.29, 0.717) is 6.04 Å². The third-order valence-corrected chi connectivity index (χ3v) is 2.55. The molecular formula is C12H25N3. The van der Waals surface area contributed by atoms with E-state index in [9.17, 15) is 0 Å². The van der Waals surface area contributed by atoms with Gasteiger partial charge >= 0.3 is 0 Å². The minimum atomic E-state index is 0.00751. The summed E-state index contributed by atoms with van der Waals surface area (Å²) in [5.74, 6) is 0. The Balaban J connectivity index is 3.91. The van der Waals surface area contributed by atoms with Gasteiger partial charge in [0.25, 0.3) is 0 Å². The van der Waals surface area contributed by atoms with Crippen molar-refractivity contribution in [3.8, 4) is 6.07 Å². The van der Waals surface area contributed by atoms with Gasteiger partial charge in [0, 0.05) is 12.6 Å². The van der Waals surface area contributed by atoms with Crippen molar-refractivity contribution in [3.05, 3.63) is 0 Å². The Morgan fingerprint density at radius 3 is 2.33 bits per heavy atom. The predicted molar refractivity (Wildman–Crippen MR) is 64.7 cm³/mol. The molecule has 0 amide bonds. The summed E-state index contributed by atoms with van der Waals surface area (Å²) in [5, 5.41) is 12.1. The summed E-state index contributed by atoms with van der Waals surface area (Å²) in [5.41, 5.74) is 0. The van der Waals surface area contributed by atoms with Crippen molar-refractivity contribution < 1.29 is 0 Å². The summed E-state index contributed by atoms with van der Waals surface area (Å²) in [6.45, 7) is 11.7. The maximum absolute atomic E-state index is 8.91. The first-order valence-electron chi connectivity index (χ1n) is 6.02. The number of hydrogen-bond donors (Lipinski definition) is 1. The van der Waals surface area contributed by atoms with Crippen LogP contribution < -0.4 is 5.32 Å². The molecule has 88 valence electrons. The van der Waals surface area contributed by atoms with Crippen molar-refractivity contribution in [2.75, 3.05) is 19.6 Å². The lowest BCUT2D eigenvalue weighted by molar-refractivity contribution is 0.214. The molecule has 3 nitrogen and oxygen atoms in total. The normalized spacial score (nSPS) is 13.1. The fourth-order valence-corrected chi connectivity index (χ4v) is 1.67. The van der Waals surface area contributed by atoms with Gasteiger partial charge < -0.3 is 10.2 Å². The van der Waals surface area contributed by atoms with Crippen molar-refractivity contribution >= 4 is 0 Å². The lowest BCUT2D eigenvalue weighted by Crippen LogP contribution is -2.37. The highest BCUT2D eigenvalue weighted by atomic mass is 15.1. The Labute approximate surface area is 94.5 Å². The van der Waals surface area contributed by atoms with Gasteiger partial charge in [-0.3, -0.25) is 0 Å². The molecule has 0 saturated heterocycles. The summed E-state index contributed by atoms with van der Waals surface area (Å²) in [6, 6.07) is 2.88. The van der Waals surface area contributed by atoms with Crippen LogP contribution in [-0.2, 0) is 0 Å². The second kappa shape index (κ2) is 8.70. The minimum Gasteiger partial charge on any atom is -0.302 e. The fourth-order valence-electron chi connectivity index (χ4n) is 1.67. The molecule has 1 atom stereocenters. The number of nitriles is 1. The molecule has 0 fully saturated rings. The van der Waals surface area contributed by atoms with E-state index in [1.165, 1.54) is 6.42 Å². The number of nitrogens with zero attached hydrogens (tertiary/aromatic N) is 2. The van der Waals surface area contributed by atoms with Crippen LogP contribution in [0.4, 0.5) is 0 Å². The summed E-state index contributed by atoms with van der Waals surface area (Å²) in [7, 11) is 0. The predicted octanol–water partition coefficient (Wildman–Crippen LogP) is 2.00. The molecule has 0 saturated carbocycles. The molecule has 3 heteroatoms. The third-order valence-electron chi connectivity index (χ3n) is 2.55. The zero-order valence-corrected chi connectivity index (χ0v) is 10.6.